The van der Waals surface area contributed by atoms with E-state index in [0.717, 1.165) is 26.4 Å². The number of rotatable bonds is 3. The van der Waals surface area contributed by atoms with Gasteiger partial charge in [0.1, 0.15) is 0 Å². The minimum atomic E-state index is -0.414. The summed E-state index contributed by atoms with van der Waals surface area (Å²) in [7, 11) is 0. The van der Waals surface area contributed by atoms with E-state index in [1.54, 1.807) is 23.5 Å². The van der Waals surface area contributed by atoms with Crippen molar-refractivity contribution in [1.82, 2.24) is 9.38 Å². The average Bonchev–Trinajstić information content (AvgIpc) is 2.95. The first kappa shape index (κ1) is 12.6. The van der Waals surface area contributed by atoms with Crippen molar-refractivity contribution in [2.24, 2.45) is 5.73 Å². The smallest absolute Gasteiger partial charge is 0.248 e. The number of aromatic nitrogens is 2. The van der Waals surface area contributed by atoms with E-state index >= 15 is 0 Å². The molecule has 0 radical (unpaired) electrons. The number of hydrogen-bond donors (Lipinski definition) is 1. The minimum absolute atomic E-state index is 0.414. The van der Waals surface area contributed by atoms with Crippen LogP contribution >= 0.6 is 11.3 Å². The number of imidazole rings is 1. The van der Waals surface area contributed by atoms with Crippen molar-refractivity contribution in [2.75, 3.05) is 0 Å². The Balaban J connectivity index is 2.20. The molecule has 1 aromatic carbocycles. The molecule has 3 rings (SSSR count). The summed E-state index contributed by atoms with van der Waals surface area (Å²) in [6.45, 7) is 5.69. The number of carbonyl (C=O) groups excluding carboxylic acids is 1. The number of carbonyl (C=O) groups is 1. The number of benzene rings is 1. The van der Waals surface area contributed by atoms with Crippen LogP contribution in [0.4, 0.5) is 0 Å². The van der Waals surface area contributed by atoms with E-state index in [0.29, 0.717) is 5.56 Å². The highest BCUT2D eigenvalue weighted by Gasteiger charge is 2.11. The first-order valence-electron chi connectivity index (χ1n) is 6.11. The Labute approximate surface area is 119 Å². The molecular formula is C15H13N3OS. The molecule has 0 unspecified atom stereocenters. The van der Waals surface area contributed by atoms with Crippen molar-refractivity contribution in [1.29, 1.82) is 0 Å². The summed E-state index contributed by atoms with van der Waals surface area (Å²) in [5.74, 6) is -0.414. The summed E-state index contributed by atoms with van der Waals surface area (Å²) >= 11 is 1.54. The van der Waals surface area contributed by atoms with Crippen LogP contribution in [0.5, 0.6) is 0 Å². The highest BCUT2D eigenvalue weighted by Crippen LogP contribution is 2.28. The Kier molecular flexibility index (Phi) is 2.91. The van der Waals surface area contributed by atoms with Crippen LogP contribution in [-0.2, 0) is 0 Å². The lowest BCUT2D eigenvalue weighted by Gasteiger charge is -1.96. The van der Waals surface area contributed by atoms with E-state index in [9.17, 15) is 4.79 Å². The molecule has 0 fully saturated rings. The maximum Gasteiger partial charge on any atom is 0.248 e. The lowest BCUT2D eigenvalue weighted by atomic mass is 10.2. The molecule has 3 aromatic rings. The fourth-order valence-corrected chi connectivity index (χ4v) is 3.15. The third-order valence-electron chi connectivity index (χ3n) is 3.15. The quantitative estimate of drug-likeness (QED) is 0.750. The van der Waals surface area contributed by atoms with E-state index in [1.165, 1.54) is 0 Å². The van der Waals surface area contributed by atoms with Crippen LogP contribution in [-0.4, -0.2) is 15.3 Å². The van der Waals surface area contributed by atoms with Gasteiger partial charge in [-0.15, -0.1) is 0 Å². The van der Waals surface area contributed by atoms with Crippen LogP contribution in [0.2, 0.25) is 0 Å². The number of nitrogens with two attached hydrogens (primary N) is 1. The van der Waals surface area contributed by atoms with Gasteiger partial charge in [0.25, 0.3) is 0 Å². The second-order valence-electron chi connectivity index (χ2n) is 4.51. The molecule has 0 atom stereocenters. The Bertz CT molecular complexity index is 870. The topological polar surface area (TPSA) is 60.4 Å². The van der Waals surface area contributed by atoms with Crippen LogP contribution < -0.4 is 5.73 Å². The zero-order chi connectivity index (χ0) is 14.3. The van der Waals surface area contributed by atoms with Crippen LogP contribution in [0.1, 0.15) is 23.0 Å². The Morgan fingerprint density at radius 2 is 2.30 bits per heavy atom. The third kappa shape index (κ3) is 1.92. The number of amides is 1. The zero-order valence-electron chi connectivity index (χ0n) is 11.0. The van der Waals surface area contributed by atoms with Crippen molar-refractivity contribution in [2.45, 2.75) is 6.92 Å². The van der Waals surface area contributed by atoms with Gasteiger partial charge in [-0.05, 0) is 30.7 Å². The second kappa shape index (κ2) is 4.61. The number of fused-ring (bicyclic) bond motifs is 3. The SMILES string of the molecule is C=C/C=C(\C)c1cn2c(n1)sc1cc(C(N)=O)ccc12. The van der Waals surface area contributed by atoms with Crippen molar-refractivity contribution < 1.29 is 4.79 Å². The van der Waals surface area contributed by atoms with Crippen molar-refractivity contribution in [3.63, 3.8) is 0 Å². The van der Waals surface area contributed by atoms with Gasteiger partial charge in [0, 0.05) is 11.8 Å². The van der Waals surface area contributed by atoms with Crippen molar-refractivity contribution in [3.8, 4) is 0 Å². The van der Waals surface area contributed by atoms with Gasteiger partial charge in [0.2, 0.25) is 5.91 Å². The van der Waals surface area contributed by atoms with E-state index in [2.05, 4.69) is 11.6 Å². The fraction of sp³-hybridized carbons (Fsp3) is 0.0667. The molecule has 4 nitrogen and oxygen atoms in total. The number of thiazole rings is 1. The molecule has 0 saturated carbocycles. The molecule has 5 heteroatoms. The second-order valence-corrected chi connectivity index (χ2v) is 5.52. The van der Waals surface area contributed by atoms with Gasteiger partial charge in [-0.3, -0.25) is 9.20 Å². The Hall–Kier alpha value is -2.40. The molecular weight excluding hydrogens is 270 g/mol. The van der Waals surface area contributed by atoms with Gasteiger partial charge in [0.15, 0.2) is 4.96 Å². The van der Waals surface area contributed by atoms with Gasteiger partial charge in [-0.1, -0.05) is 30.1 Å². The fourth-order valence-electron chi connectivity index (χ4n) is 2.11. The van der Waals surface area contributed by atoms with Gasteiger partial charge < -0.3 is 5.73 Å². The van der Waals surface area contributed by atoms with Crippen molar-refractivity contribution in [3.05, 3.63) is 54.4 Å². The average molecular weight is 283 g/mol. The summed E-state index contributed by atoms with van der Waals surface area (Å²) in [6.07, 6.45) is 5.67. The molecule has 1 amide bonds. The van der Waals surface area contributed by atoms with Crippen LogP contribution in [0.25, 0.3) is 20.8 Å². The van der Waals surface area contributed by atoms with E-state index in [4.69, 9.17) is 5.73 Å². The molecule has 0 aliphatic heterocycles. The van der Waals surface area contributed by atoms with E-state index in [1.807, 2.05) is 35.7 Å². The largest absolute Gasteiger partial charge is 0.366 e. The van der Waals surface area contributed by atoms with Crippen molar-refractivity contribution >= 4 is 38.0 Å². The molecule has 20 heavy (non-hydrogen) atoms. The van der Waals surface area contributed by atoms with E-state index < -0.39 is 5.91 Å². The number of allylic oxidation sites excluding steroid dienone is 3. The first-order chi connectivity index (χ1) is 9.60. The lowest BCUT2D eigenvalue weighted by Crippen LogP contribution is -2.10. The van der Waals surface area contributed by atoms with Crippen LogP contribution in [0.3, 0.4) is 0 Å². The van der Waals surface area contributed by atoms with Gasteiger partial charge in [0.05, 0.1) is 15.9 Å². The molecule has 0 aliphatic carbocycles. The maximum atomic E-state index is 11.2. The summed E-state index contributed by atoms with van der Waals surface area (Å²) in [5, 5.41) is 0. The minimum Gasteiger partial charge on any atom is -0.366 e. The first-order valence-corrected chi connectivity index (χ1v) is 6.93. The monoisotopic (exact) mass is 283 g/mol. The van der Waals surface area contributed by atoms with E-state index in [-0.39, 0.29) is 0 Å². The Morgan fingerprint density at radius 3 is 3.00 bits per heavy atom. The molecule has 100 valence electrons. The third-order valence-corrected chi connectivity index (χ3v) is 4.17. The summed E-state index contributed by atoms with van der Waals surface area (Å²) < 4.78 is 3.03. The lowest BCUT2D eigenvalue weighted by molar-refractivity contribution is 0.100. The molecule has 0 aliphatic rings. The van der Waals surface area contributed by atoms with Gasteiger partial charge in [-0.25, -0.2) is 4.98 Å². The van der Waals surface area contributed by atoms with Gasteiger partial charge >= 0.3 is 0 Å². The molecule has 0 saturated heterocycles. The van der Waals surface area contributed by atoms with Crippen LogP contribution in [0.15, 0.2) is 43.1 Å². The number of primary amides is 1. The molecule has 0 bridgehead atoms. The number of nitrogens with zero attached hydrogens (tertiary/aromatic N) is 2. The molecule has 2 heterocycles. The summed E-state index contributed by atoms with van der Waals surface area (Å²) in [5.41, 5.74) is 8.84. The summed E-state index contributed by atoms with van der Waals surface area (Å²) in [6, 6.07) is 5.45. The molecule has 2 aromatic heterocycles. The maximum absolute atomic E-state index is 11.2. The molecule has 2 N–H and O–H groups in total. The number of hydrogen-bond acceptors (Lipinski definition) is 3. The van der Waals surface area contributed by atoms with Crippen LogP contribution in [0, 0.1) is 0 Å². The highest BCUT2D eigenvalue weighted by molar-refractivity contribution is 7.23. The summed E-state index contributed by atoms with van der Waals surface area (Å²) in [4.78, 5) is 16.7. The highest BCUT2D eigenvalue weighted by atomic mass is 32.1. The normalized spacial score (nSPS) is 12.2. The standard InChI is InChI=1S/C15H13N3OS/c1-3-4-9(2)11-8-18-12-6-5-10(14(16)19)7-13(12)20-15(18)17-11/h3-8H,1H2,2H3,(H2,16,19)/b9-4+. The predicted octanol–water partition coefficient (Wildman–Crippen LogP) is 3.24. The predicted molar refractivity (Wildman–Crippen MR) is 82.9 cm³/mol. The zero-order valence-corrected chi connectivity index (χ0v) is 11.8. The van der Waals surface area contributed by atoms with Gasteiger partial charge in [-0.2, -0.15) is 0 Å². The Morgan fingerprint density at radius 1 is 1.50 bits per heavy atom. The molecule has 0 spiro atoms.